The van der Waals surface area contributed by atoms with Crippen LogP contribution in [-0.2, 0) is 38.5 Å². The zero-order chi connectivity index (χ0) is 12.2. The first-order chi connectivity index (χ1) is 5.89. The van der Waals surface area contributed by atoms with Gasteiger partial charge in [0.1, 0.15) is 0 Å². The molecule has 0 spiro atoms. The molecule has 2 atom stereocenters. The van der Waals surface area contributed by atoms with E-state index >= 15 is 0 Å². The molecule has 0 bridgehead atoms. The monoisotopic (exact) mass is 336 g/mol. The van der Waals surface area contributed by atoms with Gasteiger partial charge in [-0.1, -0.05) is 0 Å². The van der Waals surface area contributed by atoms with Crippen LogP contribution in [0.15, 0.2) is 0 Å². The summed E-state index contributed by atoms with van der Waals surface area (Å²) >= 11 is 0. The Balaban J connectivity index is -0.0000000800. The Bertz CT molecular complexity index is 372. The molecule has 0 aliphatic rings. The maximum Gasteiger partial charge on any atom is 1.00 e. The summed E-state index contributed by atoms with van der Waals surface area (Å²) in [5, 5.41) is 0. The smallest absolute Gasteiger partial charge is 0.761 e. The van der Waals surface area contributed by atoms with Crippen LogP contribution in [0.3, 0.4) is 0 Å². The maximum atomic E-state index is 9.34. The van der Waals surface area contributed by atoms with Crippen molar-refractivity contribution in [1.82, 2.24) is 0 Å². The molecular weight excluding hydrogens is 334 g/mol. The Morgan fingerprint density at radius 2 is 1.12 bits per heavy atom. The van der Waals surface area contributed by atoms with E-state index in [1.807, 2.05) is 0 Å². The van der Waals surface area contributed by atoms with E-state index in [1.165, 1.54) is 0 Å². The average molecular weight is 336 g/mol. The van der Waals surface area contributed by atoms with Crippen molar-refractivity contribution >= 4 is 38.5 Å². The molecule has 0 saturated heterocycles. The van der Waals surface area contributed by atoms with Crippen molar-refractivity contribution < 1.29 is 103 Å². The second kappa shape index (κ2) is 10.9. The first kappa shape index (κ1) is 26.6. The Morgan fingerprint density at radius 1 is 1.00 bits per heavy atom. The minimum absolute atomic E-state index is 0. The third-order valence-electron chi connectivity index (χ3n) is 0.347. The van der Waals surface area contributed by atoms with E-state index in [-0.39, 0.29) is 59.1 Å². The van der Waals surface area contributed by atoms with Gasteiger partial charge in [-0.15, -0.1) is 0 Å². The second-order valence-corrected chi connectivity index (χ2v) is 7.93. The standard InChI is InChI=1S/2Na.2H2O5S2/c;;2*1-6(2)7(3,4)5/h;;2*(H,1,2)(H,3,4,5)/q2*+1;;/p-2. The van der Waals surface area contributed by atoms with Gasteiger partial charge < -0.3 is 9.11 Å². The Labute approximate surface area is 139 Å². The summed E-state index contributed by atoms with van der Waals surface area (Å²) in [6, 6.07) is 0. The molecule has 0 radical (unpaired) electrons. The molecule has 16 heavy (non-hydrogen) atoms. The van der Waals surface area contributed by atoms with Crippen molar-refractivity contribution in [1.29, 1.82) is 0 Å². The fourth-order valence-corrected chi connectivity index (χ4v) is 0. The molecule has 0 aromatic rings. The molecule has 0 aliphatic heterocycles. The van der Waals surface area contributed by atoms with Gasteiger partial charge in [0.2, 0.25) is 0 Å². The molecule has 88 valence electrons. The van der Waals surface area contributed by atoms with Crippen molar-refractivity contribution in [2.75, 3.05) is 0 Å². The molecule has 0 saturated carbocycles. The van der Waals surface area contributed by atoms with E-state index in [9.17, 15) is 12.6 Å². The van der Waals surface area contributed by atoms with Gasteiger partial charge in [-0.3, -0.25) is 13.3 Å². The third-order valence-corrected chi connectivity index (χ3v) is 3.12. The molecule has 0 heterocycles. The summed E-state index contributed by atoms with van der Waals surface area (Å²) in [5.41, 5.74) is 0. The molecule has 2 N–H and O–H groups in total. The Morgan fingerprint density at radius 3 is 1.12 bits per heavy atom. The van der Waals surface area contributed by atoms with E-state index in [2.05, 4.69) is 0 Å². The van der Waals surface area contributed by atoms with Crippen LogP contribution in [0.1, 0.15) is 0 Å². The summed E-state index contributed by atoms with van der Waals surface area (Å²) in [6.45, 7) is 0. The maximum absolute atomic E-state index is 9.34. The fraction of sp³-hybridized carbons (Fsp3) is 0. The van der Waals surface area contributed by atoms with Gasteiger partial charge in [-0.2, -0.15) is 8.42 Å². The molecule has 0 aliphatic carbocycles. The Kier molecular flexibility index (Phi) is 18.1. The molecule has 16 heteroatoms. The zero-order valence-electron chi connectivity index (χ0n) is 7.79. The summed E-state index contributed by atoms with van der Waals surface area (Å²) < 4.78 is 88.7. The van der Waals surface area contributed by atoms with Crippen LogP contribution in [0.4, 0.5) is 0 Å². The third kappa shape index (κ3) is 18.4. The van der Waals surface area contributed by atoms with Crippen LogP contribution in [0.5, 0.6) is 0 Å². The predicted octanol–water partition coefficient (Wildman–Crippen LogP) is -8.66. The molecule has 0 amide bonds. The van der Waals surface area contributed by atoms with Crippen LogP contribution in [0.2, 0.25) is 0 Å². The van der Waals surface area contributed by atoms with E-state index in [4.69, 9.17) is 30.8 Å². The van der Waals surface area contributed by atoms with Gasteiger partial charge >= 0.3 is 78.4 Å². The first-order valence-electron chi connectivity index (χ1n) is 2.03. The minimum atomic E-state index is -5.07. The topological polar surface area (TPSA) is 189 Å². The SMILES string of the molecule is O=S(O)S(=O)(=O)O.O=S([O-])S(=O)(=O)[O-].[Na+].[Na+]. The average Bonchev–Trinajstić information content (AvgIpc) is 1.83. The van der Waals surface area contributed by atoms with Gasteiger partial charge in [0, 0.05) is 0 Å². The minimum Gasteiger partial charge on any atom is -0.761 e. The van der Waals surface area contributed by atoms with E-state index < -0.39 is 38.5 Å². The number of hydrogen-bond acceptors (Lipinski definition) is 8. The van der Waals surface area contributed by atoms with Crippen molar-refractivity contribution in [2.45, 2.75) is 0 Å². The van der Waals surface area contributed by atoms with Crippen molar-refractivity contribution in [3.05, 3.63) is 0 Å². The van der Waals surface area contributed by atoms with E-state index in [0.717, 1.165) is 0 Å². The summed E-state index contributed by atoms with van der Waals surface area (Å²) in [6.07, 6.45) is 0. The number of hydrogen-bond donors (Lipinski definition) is 2. The first-order valence-corrected chi connectivity index (χ1v) is 8.10. The normalized spacial score (nSPS) is 14.2. The molecular formula is H2Na2O10S4. The second-order valence-electron chi connectivity index (χ2n) is 1.26. The van der Waals surface area contributed by atoms with E-state index in [0.29, 0.717) is 0 Å². The Hall–Kier alpha value is 2.04. The van der Waals surface area contributed by atoms with Gasteiger partial charge in [0.15, 0.2) is 9.15 Å². The van der Waals surface area contributed by atoms with Crippen LogP contribution < -0.4 is 59.1 Å². The largest absolute Gasteiger partial charge is 1.00 e. The summed E-state index contributed by atoms with van der Waals surface area (Å²) in [5.74, 6) is 0. The van der Waals surface area contributed by atoms with Crippen LogP contribution in [0.25, 0.3) is 0 Å². The number of rotatable bonds is 2. The quantitative estimate of drug-likeness (QED) is 0.212. The molecule has 2 unspecified atom stereocenters. The van der Waals surface area contributed by atoms with Crippen molar-refractivity contribution in [3.63, 3.8) is 0 Å². The van der Waals surface area contributed by atoms with Gasteiger partial charge in [0.25, 0.3) is 0 Å². The summed E-state index contributed by atoms with van der Waals surface area (Å²) in [4.78, 5) is 0. The van der Waals surface area contributed by atoms with Gasteiger partial charge in [-0.05, 0) is 0 Å². The molecule has 10 nitrogen and oxygen atoms in total. The summed E-state index contributed by atoms with van der Waals surface area (Å²) in [7, 11) is -16.5. The van der Waals surface area contributed by atoms with Crippen LogP contribution in [-0.4, -0.2) is 43.5 Å². The van der Waals surface area contributed by atoms with Crippen molar-refractivity contribution in [2.24, 2.45) is 0 Å². The molecule has 0 fully saturated rings. The fourth-order valence-electron chi connectivity index (χ4n) is 0. The van der Waals surface area contributed by atoms with Crippen LogP contribution >= 0.6 is 0 Å². The molecule has 0 rings (SSSR count). The van der Waals surface area contributed by atoms with Crippen molar-refractivity contribution in [3.8, 4) is 0 Å². The van der Waals surface area contributed by atoms with Gasteiger partial charge in [-0.25, -0.2) is 12.6 Å². The zero-order valence-corrected chi connectivity index (χ0v) is 15.1. The van der Waals surface area contributed by atoms with E-state index in [1.54, 1.807) is 0 Å². The van der Waals surface area contributed by atoms with Gasteiger partial charge in [0.05, 0.1) is 10.1 Å². The predicted molar refractivity (Wildman–Crippen MR) is 40.9 cm³/mol. The molecule has 0 aromatic heterocycles. The molecule has 0 aromatic carbocycles. The van der Waals surface area contributed by atoms with Crippen LogP contribution in [0, 0.1) is 0 Å².